The number of Topliss-reactive ketones (excluding diaryl/α,β-unsaturated/α-hetero) is 1. The predicted octanol–water partition coefficient (Wildman–Crippen LogP) is 2.22. The molecule has 0 saturated carbocycles. The summed E-state index contributed by atoms with van der Waals surface area (Å²) in [6.45, 7) is 6.59. The lowest BCUT2D eigenvalue weighted by Gasteiger charge is -2.24. The van der Waals surface area contributed by atoms with Gasteiger partial charge < -0.3 is 19.4 Å². The van der Waals surface area contributed by atoms with Crippen LogP contribution in [0.1, 0.15) is 37.7 Å². The Hall–Kier alpha value is -1.82. The van der Waals surface area contributed by atoms with Gasteiger partial charge in [0.15, 0.2) is 0 Å². The minimum absolute atomic E-state index is 0.0212. The average Bonchev–Trinajstić information content (AvgIpc) is 3.05. The summed E-state index contributed by atoms with van der Waals surface area (Å²) in [5.41, 5.74) is 0.0385. The summed E-state index contributed by atoms with van der Waals surface area (Å²) in [5, 5.41) is 0. The molecular formula is C15H22N2O4. The van der Waals surface area contributed by atoms with Crippen molar-refractivity contribution in [2.45, 2.75) is 38.9 Å². The van der Waals surface area contributed by atoms with Crippen LogP contribution in [0.4, 0.5) is 4.79 Å². The fraction of sp³-hybridized carbons (Fsp3) is 0.600. The quantitative estimate of drug-likeness (QED) is 0.864. The molecule has 116 valence electrons. The first-order valence-corrected chi connectivity index (χ1v) is 7.11. The van der Waals surface area contributed by atoms with Crippen LogP contribution in [0.3, 0.4) is 0 Å². The highest BCUT2D eigenvalue weighted by Crippen LogP contribution is 2.17. The number of carbonyl (C=O) groups is 2. The van der Waals surface area contributed by atoms with Crippen molar-refractivity contribution < 1.29 is 19.1 Å². The van der Waals surface area contributed by atoms with Crippen molar-refractivity contribution in [2.24, 2.45) is 0 Å². The molecule has 1 N–H and O–H groups in total. The van der Waals surface area contributed by atoms with Crippen molar-refractivity contribution in [1.29, 1.82) is 0 Å². The highest BCUT2D eigenvalue weighted by molar-refractivity contribution is 5.95. The summed E-state index contributed by atoms with van der Waals surface area (Å²) in [6, 6.07) is 3.49. The monoisotopic (exact) mass is 294 g/mol. The van der Waals surface area contributed by atoms with Gasteiger partial charge in [0.2, 0.25) is 5.78 Å². The van der Waals surface area contributed by atoms with Gasteiger partial charge in [0.25, 0.3) is 0 Å². The Bertz CT molecular complexity index is 490. The molecule has 6 nitrogen and oxygen atoms in total. The summed E-state index contributed by atoms with van der Waals surface area (Å²) in [6.07, 6.45) is 1.98. The number of likely N-dealkylation sites (tertiary alicyclic amines) is 1. The molecule has 0 spiro atoms. The summed E-state index contributed by atoms with van der Waals surface area (Å²) in [5.74, 6) is -0.0873. The van der Waals surface area contributed by atoms with E-state index in [-0.39, 0.29) is 24.6 Å². The van der Waals surface area contributed by atoms with E-state index in [1.165, 1.54) is 0 Å². The van der Waals surface area contributed by atoms with E-state index in [1.807, 2.05) is 20.8 Å². The van der Waals surface area contributed by atoms with Crippen LogP contribution < -0.4 is 0 Å². The topological polar surface area (TPSA) is 71.6 Å². The maximum Gasteiger partial charge on any atom is 0.410 e. The molecule has 0 radical (unpaired) electrons. The minimum Gasteiger partial charge on any atom is -0.444 e. The number of ether oxygens (including phenoxy) is 2. The first kappa shape index (κ1) is 15.6. The number of nitrogens with one attached hydrogen (secondary N) is 1. The van der Waals surface area contributed by atoms with Crippen LogP contribution in [0.2, 0.25) is 0 Å². The number of hydrogen-bond acceptors (Lipinski definition) is 4. The number of aromatic nitrogens is 1. The van der Waals surface area contributed by atoms with E-state index >= 15 is 0 Å². The van der Waals surface area contributed by atoms with Crippen LogP contribution in [0.25, 0.3) is 0 Å². The van der Waals surface area contributed by atoms with E-state index in [2.05, 4.69) is 4.98 Å². The molecule has 1 aliphatic rings. The molecule has 2 rings (SSSR count). The van der Waals surface area contributed by atoms with Crippen LogP contribution in [0.15, 0.2) is 18.3 Å². The van der Waals surface area contributed by atoms with E-state index in [1.54, 1.807) is 23.2 Å². The summed E-state index contributed by atoms with van der Waals surface area (Å²) < 4.78 is 10.9. The summed E-state index contributed by atoms with van der Waals surface area (Å²) >= 11 is 0. The second-order valence-electron chi connectivity index (χ2n) is 6.16. The number of nitrogens with zero attached hydrogens (tertiary/aromatic N) is 1. The first-order chi connectivity index (χ1) is 9.85. The summed E-state index contributed by atoms with van der Waals surface area (Å²) in [4.78, 5) is 28.2. The SMILES string of the molecule is CC(C)(C)OC(=O)N1CC[C@@H](OCC(=O)c2ccc[nH]2)C1. The van der Waals surface area contributed by atoms with Crippen LogP contribution >= 0.6 is 0 Å². The zero-order chi connectivity index (χ0) is 15.5. The predicted molar refractivity (Wildman–Crippen MR) is 77.3 cm³/mol. The van der Waals surface area contributed by atoms with Gasteiger partial charge in [-0.1, -0.05) is 0 Å². The number of hydrogen-bond donors (Lipinski definition) is 1. The van der Waals surface area contributed by atoms with Crippen LogP contribution in [0.5, 0.6) is 0 Å². The van der Waals surface area contributed by atoms with Gasteiger partial charge >= 0.3 is 6.09 Å². The van der Waals surface area contributed by atoms with E-state index in [0.717, 1.165) is 6.42 Å². The zero-order valence-corrected chi connectivity index (χ0v) is 12.7. The van der Waals surface area contributed by atoms with Gasteiger partial charge in [0.1, 0.15) is 12.2 Å². The first-order valence-electron chi connectivity index (χ1n) is 7.11. The van der Waals surface area contributed by atoms with E-state index in [4.69, 9.17) is 9.47 Å². The third kappa shape index (κ3) is 4.60. The number of carbonyl (C=O) groups excluding carboxylic acids is 2. The maximum absolute atomic E-state index is 11.9. The Labute approximate surface area is 124 Å². The number of aromatic amines is 1. The van der Waals surface area contributed by atoms with Gasteiger partial charge in [-0.15, -0.1) is 0 Å². The molecule has 6 heteroatoms. The lowest BCUT2D eigenvalue weighted by Crippen LogP contribution is -2.36. The third-order valence-electron chi connectivity index (χ3n) is 3.15. The highest BCUT2D eigenvalue weighted by Gasteiger charge is 2.30. The number of H-pyrrole nitrogens is 1. The molecule has 0 aromatic carbocycles. The molecule has 1 atom stereocenters. The molecule has 21 heavy (non-hydrogen) atoms. The maximum atomic E-state index is 11.9. The molecule has 0 aliphatic carbocycles. The average molecular weight is 294 g/mol. The summed E-state index contributed by atoms with van der Waals surface area (Å²) in [7, 11) is 0. The molecule has 1 amide bonds. The van der Waals surface area contributed by atoms with Crippen LogP contribution in [-0.2, 0) is 9.47 Å². The second-order valence-corrected chi connectivity index (χ2v) is 6.16. The van der Waals surface area contributed by atoms with Gasteiger partial charge in [0.05, 0.1) is 18.3 Å². The van der Waals surface area contributed by atoms with Crippen molar-refractivity contribution in [2.75, 3.05) is 19.7 Å². The van der Waals surface area contributed by atoms with Crippen molar-refractivity contribution in [3.63, 3.8) is 0 Å². The van der Waals surface area contributed by atoms with Crippen molar-refractivity contribution in [3.05, 3.63) is 24.0 Å². The molecule has 0 bridgehead atoms. The second kappa shape index (κ2) is 6.30. The van der Waals surface area contributed by atoms with Crippen molar-refractivity contribution in [3.8, 4) is 0 Å². The fourth-order valence-electron chi connectivity index (χ4n) is 2.13. The molecule has 1 aromatic rings. The number of ketones is 1. The lowest BCUT2D eigenvalue weighted by atomic mass is 10.2. The zero-order valence-electron chi connectivity index (χ0n) is 12.7. The number of rotatable bonds is 4. The molecule has 1 aliphatic heterocycles. The van der Waals surface area contributed by atoms with Crippen molar-refractivity contribution >= 4 is 11.9 Å². The van der Waals surface area contributed by atoms with Crippen molar-refractivity contribution in [1.82, 2.24) is 9.88 Å². The van der Waals surface area contributed by atoms with Gasteiger partial charge in [-0.05, 0) is 39.3 Å². The third-order valence-corrected chi connectivity index (χ3v) is 3.15. The Morgan fingerprint density at radius 2 is 2.19 bits per heavy atom. The normalized spacial score (nSPS) is 18.8. The molecule has 1 saturated heterocycles. The molecule has 1 aromatic heterocycles. The molecule has 2 heterocycles. The van der Waals surface area contributed by atoms with Gasteiger partial charge in [-0.3, -0.25) is 4.79 Å². The molecule has 1 fully saturated rings. The number of amides is 1. The van der Waals surface area contributed by atoms with Gasteiger partial charge in [0, 0.05) is 12.7 Å². The fourth-order valence-corrected chi connectivity index (χ4v) is 2.13. The Morgan fingerprint density at radius 3 is 2.81 bits per heavy atom. The van der Waals surface area contributed by atoms with Gasteiger partial charge in [-0.25, -0.2) is 4.79 Å². The Morgan fingerprint density at radius 1 is 1.43 bits per heavy atom. The largest absolute Gasteiger partial charge is 0.444 e. The van der Waals surface area contributed by atoms with Crippen LogP contribution in [-0.4, -0.2) is 53.2 Å². The van der Waals surface area contributed by atoms with E-state index in [9.17, 15) is 9.59 Å². The molecular weight excluding hydrogens is 272 g/mol. The molecule has 0 unspecified atom stereocenters. The minimum atomic E-state index is -0.500. The van der Waals surface area contributed by atoms with E-state index < -0.39 is 5.60 Å². The Kier molecular flexibility index (Phi) is 4.67. The lowest BCUT2D eigenvalue weighted by molar-refractivity contribution is 0.0217. The smallest absolute Gasteiger partial charge is 0.410 e. The Balaban J connectivity index is 1.75. The van der Waals surface area contributed by atoms with Crippen LogP contribution in [0, 0.1) is 0 Å². The van der Waals surface area contributed by atoms with Gasteiger partial charge in [-0.2, -0.15) is 0 Å². The van der Waals surface area contributed by atoms with E-state index in [0.29, 0.717) is 18.8 Å². The standard InChI is InChI=1S/C15H22N2O4/c1-15(2,3)21-14(19)17-8-6-11(9-17)20-10-13(18)12-5-4-7-16-12/h4-5,7,11,16H,6,8-10H2,1-3H3/t11-/m1/s1. The highest BCUT2D eigenvalue weighted by atomic mass is 16.6.